The first-order chi connectivity index (χ1) is 8.58. The van der Waals surface area contributed by atoms with Gasteiger partial charge in [-0.25, -0.2) is 4.39 Å². The van der Waals surface area contributed by atoms with Gasteiger partial charge in [0.2, 0.25) is 5.91 Å². The molecule has 1 aromatic rings. The van der Waals surface area contributed by atoms with Crippen LogP contribution in [0.15, 0.2) is 12.1 Å². The Morgan fingerprint density at radius 3 is 2.83 bits per heavy atom. The molecule has 0 saturated carbocycles. The van der Waals surface area contributed by atoms with Crippen molar-refractivity contribution in [2.75, 3.05) is 31.2 Å². The van der Waals surface area contributed by atoms with E-state index in [1.54, 1.807) is 0 Å². The van der Waals surface area contributed by atoms with Crippen molar-refractivity contribution in [3.05, 3.63) is 17.9 Å². The fourth-order valence-corrected chi connectivity index (χ4v) is 1.47. The Balaban J connectivity index is 2.59. The molecule has 0 spiro atoms. The smallest absolute Gasteiger partial charge is 0.221 e. The number of hydrogen-bond donors (Lipinski definition) is 3. The second-order valence-electron chi connectivity index (χ2n) is 3.70. The average molecular weight is 255 g/mol. The van der Waals surface area contributed by atoms with Crippen molar-refractivity contribution in [3.63, 3.8) is 0 Å². The Hall–Kier alpha value is -1.98. The number of halogens is 1. The molecule has 1 rings (SSSR count). The lowest BCUT2D eigenvalue weighted by Crippen LogP contribution is -2.24. The van der Waals surface area contributed by atoms with Crippen molar-refractivity contribution in [1.29, 1.82) is 0 Å². The van der Waals surface area contributed by atoms with Crippen LogP contribution in [0.2, 0.25) is 0 Å². The fourth-order valence-electron chi connectivity index (χ4n) is 1.47. The number of hydrogen-bond acceptors (Lipinski definition) is 4. The third-order valence-corrected chi connectivity index (χ3v) is 2.37. The summed E-state index contributed by atoms with van der Waals surface area (Å²) in [5, 5.41) is 5.65. The highest BCUT2D eigenvalue weighted by atomic mass is 19.1. The van der Waals surface area contributed by atoms with E-state index in [-0.39, 0.29) is 17.3 Å². The van der Waals surface area contributed by atoms with Crippen LogP contribution in [0.4, 0.5) is 15.8 Å². The zero-order valence-corrected chi connectivity index (χ0v) is 10.5. The first kappa shape index (κ1) is 14.1. The summed E-state index contributed by atoms with van der Waals surface area (Å²) in [5.74, 6) is -0.438. The number of methoxy groups -OCH3 is 1. The Morgan fingerprint density at radius 1 is 1.50 bits per heavy atom. The van der Waals surface area contributed by atoms with E-state index in [2.05, 4.69) is 10.6 Å². The third kappa shape index (κ3) is 3.80. The number of rotatable bonds is 6. The van der Waals surface area contributed by atoms with Crippen molar-refractivity contribution < 1.29 is 13.9 Å². The molecule has 0 saturated heterocycles. The molecule has 6 heteroatoms. The number of nitrogens with one attached hydrogen (secondary N) is 2. The monoisotopic (exact) mass is 255 g/mol. The number of ether oxygens (including phenoxy) is 1. The molecule has 5 nitrogen and oxygen atoms in total. The molecule has 4 N–H and O–H groups in total. The number of carbonyl (C=O) groups is 1. The lowest BCUT2D eigenvalue weighted by Gasteiger charge is -2.11. The molecule has 0 aromatic heterocycles. The van der Waals surface area contributed by atoms with E-state index in [0.717, 1.165) is 0 Å². The Morgan fingerprint density at radius 2 is 2.22 bits per heavy atom. The van der Waals surface area contributed by atoms with Gasteiger partial charge in [-0.2, -0.15) is 0 Å². The molecule has 100 valence electrons. The van der Waals surface area contributed by atoms with Crippen LogP contribution in [0.25, 0.3) is 0 Å². The van der Waals surface area contributed by atoms with E-state index < -0.39 is 5.82 Å². The Kier molecular flexibility index (Phi) is 5.23. The van der Waals surface area contributed by atoms with Gasteiger partial charge in [0, 0.05) is 31.6 Å². The standard InChI is InChI=1S/C12H18FN3O2/c1-3-15-12(17)4-5-16-10-7-11(18-2)8(13)6-9(10)14/h6-7,16H,3-5,14H2,1-2H3,(H,15,17). The quantitative estimate of drug-likeness (QED) is 0.671. The van der Waals surface area contributed by atoms with Gasteiger partial charge in [0.25, 0.3) is 0 Å². The van der Waals surface area contributed by atoms with Crippen LogP contribution in [0.5, 0.6) is 5.75 Å². The maximum atomic E-state index is 13.3. The predicted octanol–water partition coefficient (Wildman–Crippen LogP) is 1.35. The summed E-state index contributed by atoms with van der Waals surface area (Å²) < 4.78 is 18.1. The van der Waals surface area contributed by atoms with Gasteiger partial charge in [-0.3, -0.25) is 4.79 Å². The normalized spacial score (nSPS) is 9.94. The second-order valence-corrected chi connectivity index (χ2v) is 3.70. The first-order valence-electron chi connectivity index (χ1n) is 5.72. The van der Waals surface area contributed by atoms with Crippen LogP contribution in [0, 0.1) is 5.82 Å². The van der Waals surface area contributed by atoms with E-state index in [4.69, 9.17) is 10.5 Å². The predicted molar refractivity (Wildman–Crippen MR) is 69.2 cm³/mol. The zero-order chi connectivity index (χ0) is 13.5. The highest BCUT2D eigenvalue weighted by Gasteiger charge is 2.08. The van der Waals surface area contributed by atoms with E-state index in [0.29, 0.717) is 25.2 Å². The van der Waals surface area contributed by atoms with Crippen LogP contribution in [-0.4, -0.2) is 26.1 Å². The fraction of sp³-hybridized carbons (Fsp3) is 0.417. The molecular weight excluding hydrogens is 237 g/mol. The van der Waals surface area contributed by atoms with Gasteiger partial charge >= 0.3 is 0 Å². The molecule has 0 atom stereocenters. The minimum Gasteiger partial charge on any atom is -0.494 e. The summed E-state index contributed by atoms with van der Waals surface area (Å²) in [6, 6.07) is 2.66. The maximum Gasteiger partial charge on any atom is 0.221 e. The van der Waals surface area contributed by atoms with E-state index in [1.807, 2.05) is 6.92 Å². The van der Waals surface area contributed by atoms with Crippen LogP contribution < -0.4 is 21.1 Å². The summed E-state index contributed by atoms with van der Waals surface area (Å²) in [6.07, 6.45) is 0.326. The van der Waals surface area contributed by atoms with Gasteiger partial charge in [0.1, 0.15) is 0 Å². The van der Waals surface area contributed by atoms with Gasteiger partial charge in [-0.15, -0.1) is 0 Å². The maximum absolute atomic E-state index is 13.3. The Bertz CT molecular complexity index is 424. The highest BCUT2D eigenvalue weighted by molar-refractivity contribution is 5.77. The van der Waals surface area contributed by atoms with Crippen molar-refractivity contribution in [2.45, 2.75) is 13.3 Å². The number of amides is 1. The lowest BCUT2D eigenvalue weighted by atomic mass is 10.2. The van der Waals surface area contributed by atoms with E-state index in [1.165, 1.54) is 19.2 Å². The summed E-state index contributed by atoms with van der Waals surface area (Å²) in [5.41, 5.74) is 6.50. The minimum atomic E-state index is -0.510. The van der Waals surface area contributed by atoms with Gasteiger partial charge < -0.3 is 21.1 Å². The topological polar surface area (TPSA) is 76.4 Å². The summed E-state index contributed by atoms with van der Waals surface area (Å²) in [7, 11) is 1.38. The highest BCUT2D eigenvalue weighted by Crippen LogP contribution is 2.27. The van der Waals surface area contributed by atoms with Crippen LogP contribution in [0.1, 0.15) is 13.3 Å². The summed E-state index contributed by atoms with van der Waals surface area (Å²) in [4.78, 5) is 11.2. The molecule has 0 radical (unpaired) electrons. The van der Waals surface area contributed by atoms with Gasteiger partial charge in [0.15, 0.2) is 11.6 Å². The van der Waals surface area contributed by atoms with Crippen molar-refractivity contribution in [2.24, 2.45) is 0 Å². The van der Waals surface area contributed by atoms with Gasteiger partial charge in [0.05, 0.1) is 18.5 Å². The molecular formula is C12H18FN3O2. The van der Waals surface area contributed by atoms with Crippen molar-refractivity contribution >= 4 is 17.3 Å². The van der Waals surface area contributed by atoms with E-state index >= 15 is 0 Å². The number of nitrogens with two attached hydrogens (primary N) is 1. The van der Waals surface area contributed by atoms with Crippen LogP contribution in [-0.2, 0) is 4.79 Å². The summed E-state index contributed by atoms with van der Waals surface area (Å²) in [6.45, 7) is 2.88. The molecule has 0 fully saturated rings. The number of nitrogen functional groups attached to an aromatic ring is 1. The molecule has 1 aromatic carbocycles. The van der Waals surface area contributed by atoms with Crippen molar-refractivity contribution in [3.8, 4) is 5.75 Å². The zero-order valence-electron chi connectivity index (χ0n) is 10.5. The molecule has 0 aliphatic heterocycles. The average Bonchev–Trinajstić information content (AvgIpc) is 2.32. The largest absolute Gasteiger partial charge is 0.494 e. The molecule has 0 bridgehead atoms. The molecule has 0 heterocycles. The van der Waals surface area contributed by atoms with Crippen LogP contribution >= 0.6 is 0 Å². The molecule has 0 aliphatic carbocycles. The first-order valence-corrected chi connectivity index (χ1v) is 5.72. The van der Waals surface area contributed by atoms with E-state index in [9.17, 15) is 9.18 Å². The number of benzene rings is 1. The number of anilines is 2. The summed E-state index contributed by atoms with van der Waals surface area (Å²) >= 11 is 0. The third-order valence-electron chi connectivity index (χ3n) is 2.37. The lowest BCUT2D eigenvalue weighted by molar-refractivity contribution is -0.120. The van der Waals surface area contributed by atoms with Gasteiger partial charge in [-0.05, 0) is 6.92 Å². The molecule has 0 unspecified atom stereocenters. The van der Waals surface area contributed by atoms with Crippen LogP contribution in [0.3, 0.4) is 0 Å². The van der Waals surface area contributed by atoms with Gasteiger partial charge in [-0.1, -0.05) is 0 Å². The second kappa shape index (κ2) is 6.68. The Labute approximate surface area is 106 Å². The molecule has 1 amide bonds. The molecule has 18 heavy (non-hydrogen) atoms. The SMILES string of the molecule is CCNC(=O)CCNc1cc(OC)c(F)cc1N. The number of carbonyl (C=O) groups excluding carboxylic acids is 1. The minimum absolute atomic E-state index is 0.0438. The van der Waals surface area contributed by atoms with Crippen molar-refractivity contribution in [1.82, 2.24) is 5.32 Å². The molecule has 0 aliphatic rings.